The minimum absolute atomic E-state index is 0.641. The second kappa shape index (κ2) is 4.06. The summed E-state index contributed by atoms with van der Waals surface area (Å²) in [5.74, 6) is 1.57. The van der Waals surface area contributed by atoms with Crippen molar-refractivity contribution in [3.05, 3.63) is 36.7 Å². The number of nitrogens with two attached hydrogens (primary N) is 2. The van der Waals surface area contributed by atoms with Gasteiger partial charge in [-0.2, -0.15) is 0 Å². The average Bonchev–Trinajstić information content (AvgIpc) is 2.30. The molecule has 2 heterocycles. The molecule has 82 valence electrons. The van der Waals surface area contributed by atoms with Crippen molar-refractivity contribution in [2.24, 2.45) is 0 Å². The van der Waals surface area contributed by atoms with Crippen LogP contribution in [0.4, 0.5) is 23.0 Å². The summed E-state index contributed by atoms with van der Waals surface area (Å²) >= 11 is 0. The van der Waals surface area contributed by atoms with Gasteiger partial charge in [-0.05, 0) is 24.3 Å². The highest BCUT2D eigenvalue weighted by Gasteiger charge is 2.05. The van der Waals surface area contributed by atoms with Crippen LogP contribution in [0.1, 0.15) is 0 Å². The fourth-order valence-corrected chi connectivity index (χ4v) is 1.31. The van der Waals surface area contributed by atoms with Crippen LogP contribution in [0.15, 0.2) is 36.7 Å². The molecule has 0 bridgehead atoms. The molecule has 0 fully saturated rings. The lowest BCUT2D eigenvalue weighted by Gasteiger charge is -2.16. The fourth-order valence-electron chi connectivity index (χ4n) is 1.31. The molecule has 5 nitrogen and oxygen atoms in total. The molecule has 2 aromatic rings. The zero-order valence-corrected chi connectivity index (χ0v) is 8.96. The van der Waals surface area contributed by atoms with Gasteiger partial charge < -0.3 is 16.4 Å². The topological polar surface area (TPSA) is 81.1 Å². The zero-order valence-electron chi connectivity index (χ0n) is 8.96. The third-order valence-corrected chi connectivity index (χ3v) is 2.23. The molecule has 2 aromatic heterocycles. The lowest BCUT2D eigenvalue weighted by molar-refractivity contribution is 1.08. The van der Waals surface area contributed by atoms with Crippen molar-refractivity contribution in [3.8, 4) is 0 Å². The number of aromatic nitrogens is 2. The van der Waals surface area contributed by atoms with Crippen molar-refractivity contribution in [1.82, 2.24) is 9.97 Å². The Labute approximate surface area is 93.7 Å². The van der Waals surface area contributed by atoms with E-state index in [0.717, 1.165) is 11.6 Å². The van der Waals surface area contributed by atoms with Crippen LogP contribution < -0.4 is 16.4 Å². The molecule has 0 unspecified atom stereocenters. The molecular weight excluding hydrogens is 202 g/mol. The molecule has 0 saturated heterocycles. The van der Waals surface area contributed by atoms with Gasteiger partial charge in [0.05, 0.1) is 23.8 Å². The zero-order chi connectivity index (χ0) is 11.5. The van der Waals surface area contributed by atoms with Crippen LogP contribution >= 0.6 is 0 Å². The summed E-state index contributed by atoms with van der Waals surface area (Å²) in [6.07, 6.45) is 3.23. The van der Waals surface area contributed by atoms with Gasteiger partial charge in [0.25, 0.3) is 0 Å². The van der Waals surface area contributed by atoms with Crippen LogP contribution in [0.25, 0.3) is 0 Å². The summed E-state index contributed by atoms with van der Waals surface area (Å²) in [7, 11) is 1.89. The molecule has 0 atom stereocenters. The molecule has 5 heteroatoms. The van der Waals surface area contributed by atoms with Crippen molar-refractivity contribution >= 4 is 23.0 Å². The van der Waals surface area contributed by atoms with E-state index in [4.69, 9.17) is 11.5 Å². The molecule has 4 N–H and O–H groups in total. The summed E-state index contributed by atoms with van der Waals surface area (Å²) in [5.41, 5.74) is 12.4. The molecule has 0 saturated carbocycles. The summed E-state index contributed by atoms with van der Waals surface area (Å²) in [6.45, 7) is 0. The Morgan fingerprint density at radius 3 is 1.62 bits per heavy atom. The Morgan fingerprint density at radius 1 is 0.875 bits per heavy atom. The molecule has 0 aliphatic rings. The second-order valence-electron chi connectivity index (χ2n) is 3.46. The Balaban J connectivity index is 2.28. The van der Waals surface area contributed by atoms with Gasteiger partial charge >= 0.3 is 0 Å². The third kappa shape index (κ3) is 2.03. The number of nitrogens with zero attached hydrogens (tertiary/aromatic N) is 3. The van der Waals surface area contributed by atoms with Crippen LogP contribution in [0.5, 0.6) is 0 Å². The van der Waals surface area contributed by atoms with Gasteiger partial charge in [-0.1, -0.05) is 0 Å². The minimum atomic E-state index is 0.641. The maximum absolute atomic E-state index is 5.57. The Morgan fingerprint density at radius 2 is 1.31 bits per heavy atom. The van der Waals surface area contributed by atoms with Crippen molar-refractivity contribution in [2.45, 2.75) is 0 Å². The largest absolute Gasteiger partial charge is 0.397 e. The summed E-state index contributed by atoms with van der Waals surface area (Å²) in [5, 5.41) is 0. The van der Waals surface area contributed by atoms with Crippen LogP contribution in [0.3, 0.4) is 0 Å². The highest BCUT2D eigenvalue weighted by Crippen LogP contribution is 2.20. The van der Waals surface area contributed by atoms with E-state index in [1.165, 1.54) is 0 Å². The lowest BCUT2D eigenvalue weighted by Crippen LogP contribution is -2.12. The first-order chi connectivity index (χ1) is 7.66. The molecule has 0 aliphatic carbocycles. The molecule has 2 rings (SSSR count). The lowest BCUT2D eigenvalue weighted by atomic mass is 10.3. The SMILES string of the molecule is CN(c1ccc(N)cn1)c1ccc(N)cn1. The van der Waals surface area contributed by atoms with Gasteiger partial charge in [0, 0.05) is 7.05 Å². The molecule has 16 heavy (non-hydrogen) atoms. The molecule has 0 radical (unpaired) electrons. The first-order valence-electron chi connectivity index (χ1n) is 4.83. The third-order valence-electron chi connectivity index (χ3n) is 2.23. The van der Waals surface area contributed by atoms with Gasteiger partial charge in [-0.15, -0.1) is 0 Å². The van der Waals surface area contributed by atoms with E-state index in [0.29, 0.717) is 11.4 Å². The van der Waals surface area contributed by atoms with Crippen LogP contribution in [-0.2, 0) is 0 Å². The molecule has 0 aromatic carbocycles. The van der Waals surface area contributed by atoms with Crippen molar-refractivity contribution < 1.29 is 0 Å². The highest BCUT2D eigenvalue weighted by molar-refractivity contribution is 5.57. The monoisotopic (exact) mass is 215 g/mol. The number of hydrogen-bond acceptors (Lipinski definition) is 5. The van der Waals surface area contributed by atoms with Crippen molar-refractivity contribution in [1.29, 1.82) is 0 Å². The molecule has 0 spiro atoms. The van der Waals surface area contributed by atoms with E-state index in [1.807, 2.05) is 24.1 Å². The molecular formula is C11H13N5. The average molecular weight is 215 g/mol. The quantitative estimate of drug-likeness (QED) is 0.791. The predicted octanol–water partition coefficient (Wildman–Crippen LogP) is 1.41. The van der Waals surface area contributed by atoms with E-state index in [2.05, 4.69) is 9.97 Å². The predicted molar refractivity (Wildman–Crippen MR) is 65.4 cm³/mol. The summed E-state index contributed by atoms with van der Waals surface area (Å²) in [4.78, 5) is 10.3. The van der Waals surface area contributed by atoms with Gasteiger partial charge in [-0.3, -0.25) is 0 Å². The minimum Gasteiger partial charge on any atom is -0.397 e. The van der Waals surface area contributed by atoms with Crippen LogP contribution in [0, 0.1) is 0 Å². The van der Waals surface area contributed by atoms with E-state index in [1.54, 1.807) is 24.5 Å². The van der Waals surface area contributed by atoms with Crippen molar-refractivity contribution in [3.63, 3.8) is 0 Å². The Bertz CT molecular complexity index is 417. The Kier molecular flexibility index (Phi) is 2.59. The second-order valence-corrected chi connectivity index (χ2v) is 3.46. The molecule has 0 amide bonds. The van der Waals surface area contributed by atoms with Gasteiger partial charge in [0.2, 0.25) is 0 Å². The number of hydrogen-bond donors (Lipinski definition) is 2. The van der Waals surface area contributed by atoms with Crippen LogP contribution in [-0.4, -0.2) is 17.0 Å². The smallest absolute Gasteiger partial charge is 0.133 e. The van der Waals surface area contributed by atoms with Crippen LogP contribution in [0.2, 0.25) is 0 Å². The number of pyridine rings is 2. The summed E-state index contributed by atoms with van der Waals surface area (Å²) < 4.78 is 0. The van der Waals surface area contributed by atoms with E-state index in [9.17, 15) is 0 Å². The summed E-state index contributed by atoms with van der Waals surface area (Å²) in [6, 6.07) is 7.28. The first-order valence-corrected chi connectivity index (χ1v) is 4.83. The van der Waals surface area contributed by atoms with Gasteiger partial charge in [0.1, 0.15) is 11.6 Å². The number of nitrogen functional groups attached to an aromatic ring is 2. The highest BCUT2D eigenvalue weighted by atomic mass is 15.2. The molecule has 0 aliphatic heterocycles. The first kappa shape index (κ1) is 10.2. The fraction of sp³-hybridized carbons (Fsp3) is 0.0909. The number of rotatable bonds is 2. The van der Waals surface area contributed by atoms with Gasteiger partial charge in [0.15, 0.2) is 0 Å². The Hall–Kier alpha value is -2.30. The maximum atomic E-state index is 5.57. The standard InChI is InChI=1S/C11H13N5/c1-16(10-4-2-8(12)6-14-10)11-5-3-9(13)7-15-11/h2-7H,12-13H2,1H3. The maximum Gasteiger partial charge on any atom is 0.133 e. The van der Waals surface area contributed by atoms with Crippen molar-refractivity contribution in [2.75, 3.05) is 23.4 Å². The van der Waals surface area contributed by atoms with Gasteiger partial charge in [-0.25, -0.2) is 9.97 Å². The normalized spacial score (nSPS) is 10.1. The van der Waals surface area contributed by atoms with E-state index < -0.39 is 0 Å². The number of anilines is 4. The van der Waals surface area contributed by atoms with E-state index >= 15 is 0 Å². The van der Waals surface area contributed by atoms with E-state index in [-0.39, 0.29) is 0 Å².